The van der Waals surface area contributed by atoms with Crippen molar-refractivity contribution in [1.29, 1.82) is 0 Å². The van der Waals surface area contributed by atoms with E-state index in [9.17, 15) is 9.59 Å². The molecule has 1 heterocycles. The molecule has 0 saturated heterocycles. The standard InChI is InChI=1S/C25H25N7O2/c1-17-7-9-19(10-8-17)14-27-25(34)21-5-3-4-6-22(21)29-24(33)15-26-20-11-12-23(18(2)13-20)32-16-28-30-31-32/h3-13,16,26H,14-15H2,1-2H3,(H,27,34)(H,29,33). The van der Waals surface area contributed by atoms with Crippen LogP contribution in [0.25, 0.3) is 5.69 Å². The van der Waals surface area contributed by atoms with Gasteiger partial charge in [0.05, 0.1) is 23.5 Å². The number of aromatic nitrogens is 4. The average molecular weight is 456 g/mol. The van der Waals surface area contributed by atoms with E-state index in [-0.39, 0.29) is 18.4 Å². The SMILES string of the molecule is Cc1ccc(CNC(=O)c2ccccc2NC(=O)CNc2ccc(-n3cnnn3)c(C)c2)cc1. The molecule has 0 unspecified atom stereocenters. The highest BCUT2D eigenvalue weighted by Crippen LogP contribution is 2.18. The number of hydrogen-bond acceptors (Lipinski definition) is 6. The lowest BCUT2D eigenvalue weighted by Gasteiger charge is -2.13. The van der Waals surface area contributed by atoms with Crippen molar-refractivity contribution in [3.8, 4) is 5.69 Å². The van der Waals surface area contributed by atoms with Crippen LogP contribution in [0.1, 0.15) is 27.0 Å². The number of benzene rings is 3. The molecule has 3 aromatic carbocycles. The van der Waals surface area contributed by atoms with Gasteiger partial charge in [0.15, 0.2) is 0 Å². The highest BCUT2D eigenvalue weighted by Gasteiger charge is 2.13. The van der Waals surface area contributed by atoms with E-state index in [0.29, 0.717) is 17.8 Å². The van der Waals surface area contributed by atoms with E-state index in [2.05, 4.69) is 31.5 Å². The molecule has 0 saturated carbocycles. The van der Waals surface area contributed by atoms with Gasteiger partial charge in [-0.15, -0.1) is 5.10 Å². The number of nitrogens with zero attached hydrogens (tertiary/aromatic N) is 4. The summed E-state index contributed by atoms with van der Waals surface area (Å²) in [5.41, 5.74) is 5.62. The molecule has 0 radical (unpaired) electrons. The Bertz CT molecular complexity index is 1290. The number of amides is 2. The molecular weight excluding hydrogens is 430 g/mol. The van der Waals surface area contributed by atoms with Gasteiger partial charge in [-0.05, 0) is 65.7 Å². The third-order valence-corrected chi connectivity index (χ3v) is 5.27. The molecule has 2 amide bonds. The number of tetrazole rings is 1. The molecule has 0 aliphatic heterocycles. The lowest BCUT2D eigenvalue weighted by Crippen LogP contribution is -2.26. The highest BCUT2D eigenvalue weighted by atomic mass is 16.2. The number of carbonyl (C=O) groups excluding carboxylic acids is 2. The molecule has 0 spiro atoms. The zero-order valence-electron chi connectivity index (χ0n) is 18.9. The van der Waals surface area contributed by atoms with Crippen LogP contribution in [0.5, 0.6) is 0 Å². The molecule has 1 aromatic heterocycles. The van der Waals surface area contributed by atoms with Gasteiger partial charge >= 0.3 is 0 Å². The summed E-state index contributed by atoms with van der Waals surface area (Å²) in [6.07, 6.45) is 1.53. The summed E-state index contributed by atoms with van der Waals surface area (Å²) in [4.78, 5) is 25.3. The maximum absolute atomic E-state index is 12.7. The van der Waals surface area contributed by atoms with Gasteiger partial charge in [0, 0.05) is 12.2 Å². The van der Waals surface area contributed by atoms with Gasteiger partial charge in [-0.1, -0.05) is 42.0 Å². The summed E-state index contributed by atoms with van der Waals surface area (Å²) in [5.74, 6) is -0.515. The quantitative estimate of drug-likeness (QED) is 0.376. The molecule has 9 heteroatoms. The number of nitrogens with one attached hydrogen (secondary N) is 3. The van der Waals surface area contributed by atoms with Gasteiger partial charge in [0.1, 0.15) is 6.33 Å². The van der Waals surface area contributed by atoms with Crippen LogP contribution in [0, 0.1) is 13.8 Å². The van der Waals surface area contributed by atoms with Crippen LogP contribution in [0.4, 0.5) is 11.4 Å². The van der Waals surface area contributed by atoms with Crippen molar-refractivity contribution in [1.82, 2.24) is 25.5 Å². The predicted molar refractivity (Wildman–Crippen MR) is 130 cm³/mol. The minimum absolute atomic E-state index is 0.0446. The Morgan fingerprint density at radius 2 is 1.76 bits per heavy atom. The summed E-state index contributed by atoms with van der Waals surface area (Å²) in [5, 5.41) is 20.0. The first-order valence-electron chi connectivity index (χ1n) is 10.8. The second kappa shape index (κ2) is 10.4. The van der Waals surface area contributed by atoms with E-state index in [0.717, 1.165) is 28.1 Å². The molecule has 0 atom stereocenters. The maximum atomic E-state index is 12.7. The molecule has 0 aliphatic rings. The van der Waals surface area contributed by atoms with E-state index >= 15 is 0 Å². The van der Waals surface area contributed by atoms with Crippen LogP contribution in [0.15, 0.2) is 73.1 Å². The van der Waals surface area contributed by atoms with Crippen LogP contribution >= 0.6 is 0 Å². The number of aryl methyl sites for hydroxylation is 2. The fourth-order valence-corrected chi connectivity index (χ4v) is 3.44. The summed E-state index contributed by atoms with van der Waals surface area (Å²) in [7, 11) is 0. The van der Waals surface area contributed by atoms with Crippen LogP contribution in [0.2, 0.25) is 0 Å². The van der Waals surface area contributed by atoms with Crippen molar-refractivity contribution in [3.63, 3.8) is 0 Å². The zero-order valence-corrected chi connectivity index (χ0v) is 18.9. The van der Waals surface area contributed by atoms with E-state index in [1.54, 1.807) is 28.9 Å². The number of rotatable bonds is 8. The fraction of sp³-hybridized carbons (Fsp3) is 0.160. The first-order valence-corrected chi connectivity index (χ1v) is 10.8. The molecule has 0 aliphatic carbocycles. The smallest absolute Gasteiger partial charge is 0.253 e. The third kappa shape index (κ3) is 5.63. The largest absolute Gasteiger partial charge is 0.376 e. The molecule has 9 nitrogen and oxygen atoms in total. The van der Waals surface area contributed by atoms with Gasteiger partial charge < -0.3 is 16.0 Å². The second-order valence-corrected chi connectivity index (χ2v) is 7.87. The lowest BCUT2D eigenvalue weighted by molar-refractivity contribution is -0.114. The number of hydrogen-bond donors (Lipinski definition) is 3. The summed E-state index contributed by atoms with van der Waals surface area (Å²) in [6, 6.07) is 20.5. The van der Waals surface area contributed by atoms with Crippen LogP contribution in [-0.2, 0) is 11.3 Å². The van der Waals surface area contributed by atoms with Crippen molar-refractivity contribution in [2.45, 2.75) is 20.4 Å². The monoisotopic (exact) mass is 455 g/mol. The second-order valence-electron chi connectivity index (χ2n) is 7.87. The normalized spacial score (nSPS) is 10.5. The lowest BCUT2D eigenvalue weighted by atomic mass is 10.1. The van der Waals surface area contributed by atoms with Crippen molar-refractivity contribution in [2.24, 2.45) is 0 Å². The fourth-order valence-electron chi connectivity index (χ4n) is 3.44. The molecule has 3 N–H and O–H groups in total. The number of para-hydroxylation sites is 1. The average Bonchev–Trinajstić information content (AvgIpc) is 3.37. The van der Waals surface area contributed by atoms with E-state index in [1.807, 2.05) is 56.3 Å². The Morgan fingerprint density at radius 3 is 2.50 bits per heavy atom. The summed E-state index contributed by atoms with van der Waals surface area (Å²) < 4.78 is 1.58. The van der Waals surface area contributed by atoms with Crippen molar-refractivity contribution >= 4 is 23.2 Å². The summed E-state index contributed by atoms with van der Waals surface area (Å²) in [6.45, 7) is 4.41. The molecule has 0 fully saturated rings. The molecule has 172 valence electrons. The zero-order chi connectivity index (χ0) is 23.9. The summed E-state index contributed by atoms with van der Waals surface area (Å²) >= 11 is 0. The van der Waals surface area contributed by atoms with Crippen LogP contribution in [-0.4, -0.2) is 38.6 Å². The molecule has 4 aromatic rings. The van der Waals surface area contributed by atoms with E-state index in [4.69, 9.17) is 0 Å². The van der Waals surface area contributed by atoms with Gasteiger partial charge in [-0.3, -0.25) is 9.59 Å². The van der Waals surface area contributed by atoms with Crippen LogP contribution in [0.3, 0.4) is 0 Å². The Kier molecular flexibility index (Phi) is 6.92. The van der Waals surface area contributed by atoms with Gasteiger partial charge in [0.2, 0.25) is 5.91 Å². The van der Waals surface area contributed by atoms with Gasteiger partial charge in [-0.2, -0.15) is 0 Å². The molecule has 34 heavy (non-hydrogen) atoms. The number of carbonyl (C=O) groups is 2. The van der Waals surface area contributed by atoms with Crippen molar-refractivity contribution < 1.29 is 9.59 Å². The first-order chi connectivity index (χ1) is 16.5. The van der Waals surface area contributed by atoms with E-state index < -0.39 is 0 Å². The Hall–Kier alpha value is -4.53. The third-order valence-electron chi connectivity index (χ3n) is 5.27. The molecule has 4 rings (SSSR count). The van der Waals surface area contributed by atoms with Gasteiger partial charge in [0.25, 0.3) is 5.91 Å². The first kappa shape index (κ1) is 22.7. The predicted octanol–water partition coefficient (Wildman–Crippen LogP) is 3.26. The molecular formula is C25H25N7O2. The highest BCUT2D eigenvalue weighted by molar-refractivity contribution is 6.04. The Morgan fingerprint density at radius 1 is 0.971 bits per heavy atom. The van der Waals surface area contributed by atoms with Gasteiger partial charge in [-0.25, -0.2) is 4.68 Å². The maximum Gasteiger partial charge on any atom is 0.253 e. The van der Waals surface area contributed by atoms with Crippen molar-refractivity contribution in [3.05, 3.63) is 95.3 Å². The number of anilines is 2. The Labute approximate surface area is 197 Å². The Balaban J connectivity index is 1.35. The van der Waals surface area contributed by atoms with E-state index in [1.165, 1.54) is 6.33 Å². The topological polar surface area (TPSA) is 114 Å². The molecule has 0 bridgehead atoms. The van der Waals surface area contributed by atoms with Crippen molar-refractivity contribution in [2.75, 3.05) is 17.2 Å². The van der Waals surface area contributed by atoms with Crippen LogP contribution < -0.4 is 16.0 Å². The minimum atomic E-state index is -0.263. The minimum Gasteiger partial charge on any atom is -0.376 e.